The van der Waals surface area contributed by atoms with Crippen LogP contribution < -0.4 is 0 Å². The monoisotopic (exact) mass is 450 g/mol. The zero-order valence-corrected chi connectivity index (χ0v) is 19.3. The molecule has 0 saturated heterocycles. The SMILES string of the molecule is Cc1cccc(C)c1-c1ccc2ccc3c(-c4cc(C#N)c(F)c(C#N)c4)ccc4ccc1c2c43. The van der Waals surface area contributed by atoms with Crippen LogP contribution in [0.2, 0.25) is 0 Å². The molecular weight excluding hydrogens is 431 g/mol. The fourth-order valence-electron chi connectivity index (χ4n) is 5.45. The van der Waals surface area contributed by atoms with Gasteiger partial charge in [0.1, 0.15) is 12.1 Å². The molecule has 0 atom stereocenters. The Balaban J connectivity index is 1.73. The summed E-state index contributed by atoms with van der Waals surface area (Å²) in [6.07, 6.45) is 0. The Morgan fingerprint density at radius 1 is 0.629 bits per heavy atom. The van der Waals surface area contributed by atoms with E-state index in [0.717, 1.165) is 27.1 Å². The van der Waals surface area contributed by atoms with Crippen molar-refractivity contribution in [1.29, 1.82) is 10.5 Å². The van der Waals surface area contributed by atoms with E-state index in [-0.39, 0.29) is 11.1 Å². The van der Waals surface area contributed by atoms with Crippen LogP contribution in [0.15, 0.2) is 78.9 Å². The molecule has 3 heteroatoms. The van der Waals surface area contributed by atoms with Gasteiger partial charge in [0.05, 0.1) is 11.1 Å². The second-order valence-corrected chi connectivity index (χ2v) is 9.02. The minimum absolute atomic E-state index is 0.123. The lowest BCUT2D eigenvalue weighted by molar-refractivity contribution is 0.620. The predicted molar refractivity (Wildman–Crippen MR) is 140 cm³/mol. The number of nitriles is 2. The molecule has 0 N–H and O–H groups in total. The highest BCUT2D eigenvalue weighted by molar-refractivity contribution is 6.27. The Morgan fingerprint density at radius 2 is 1.11 bits per heavy atom. The number of hydrogen-bond donors (Lipinski definition) is 0. The van der Waals surface area contributed by atoms with Gasteiger partial charge in [0.25, 0.3) is 0 Å². The van der Waals surface area contributed by atoms with Crippen LogP contribution in [0.5, 0.6) is 0 Å². The molecule has 0 aliphatic heterocycles. The van der Waals surface area contributed by atoms with Crippen molar-refractivity contribution in [2.75, 3.05) is 0 Å². The lowest BCUT2D eigenvalue weighted by atomic mass is 9.85. The van der Waals surface area contributed by atoms with Gasteiger partial charge in [0.2, 0.25) is 0 Å². The zero-order valence-electron chi connectivity index (χ0n) is 19.3. The summed E-state index contributed by atoms with van der Waals surface area (Å²) >= 11 is 0. The van der Waals surface area contributed by atoms with Gasteiger partial charge in [0.15, 0.2) is 5.82 Å². The van der Waals surface area contributed by atoms with Gasteiger partial charge in [-0.25, -0.2) is 4.39 Å². The Hall–Kier alpha value is -4.73. The highest BCUT2D eigenvalue weighted by Gasteiger charge is 2.18. The van der Waals surface area contributed by atoms with E-state index in [1.54, 1.807) is 0 Å². The minimum atomic E-state index is -0.769. The van der Waals surface area contributed by atoms with Crippen molar-refractivity contribution in [2.45, 2.75) is 13.8 Å². The van der Waals surface area contributed by atoms with E-state index in [9.17, 15) is 14.9 Å². The highest BCUT2D eigenvalue weighted by Crippen LogP contribution is 2.43. The van der Waals surface area contributed by atoms with Crippen molar-refractivity contribution in [1.82, 2.24) is 0 Å². The van der Waals surface area contributed by atoms with Crippen LogP contribution >= 0.6 is 0 Å². The van der Waals surface area contributed by atoms with Gasteiger partial charge in [0, 0.05) is 0 Å². The molecule has 6 aromatic carbocycles. The van der Waals surface area contributed by atoms with E-state index >= 15 is 0 Å². The maximum absolute atomic E-state index is 14.4. The summed E-state index contributed by atoms with van der Waals surface area (Å²) in [6, 6.07) is 30.2. The molecule has 0 unspecified atom stereocenters. The molecule has 0 aromatic heterocycles. The summed E-state index contributed by atoms with van der Waals surface area (Å²) in [5, 5.41) is 25.6. The lowest BCUT2D eigenvalue weighted by Gasteiger charge is -2.18. The number of benzene rings is 6. The van der Waals surface area contributed by atoms with Crippen molar-refractivity contribution >= 4 is 32.3 Å². The second kappa shape index (κ2) is 7.66. The summed E-state index contributed by atoms with van der Waals surface area (Å²) in [5.74, 6) is -0.769. The standard InChI is InChI=1S/C32H19FN2/c1-18-4-3-5-19(2)29(18)27-12-8-21-7-11-26-25(10-6-20-9-13-28(27)31(21)30(20)26)22-14-23(16-34)32(33)24(15-22)17-35/h3-15H,1-2H3. The van der Waals surface area contributed by atoms with Gasteiger partial charge in [-0.1, -0.05) is 66.7 Å². The summed E-state index contributed by atoms with van der Waals surface area (Å²) in [4.78, 5) is 0. The first kappa shape index (κ1) is 20.8. The molecule has 0 amide bonds. The molecule has 164 valence electrons. The molecular formula is C32H19FN2. The largest absolute Gasteiger partial charge is 0.204 e. The van der Waals surface area contributed by atoms with Crippen molar-refractivity contribution in [3.63, 3.8) is 0 Å². The Kier molecular flexibility index (Phi) is 4.56. The van der Waals surface area contributed by atoms with Crippen LogP contribution in [0.1, 0.15) is 22.3 Å². The summed E-state index contributed by atoms with van der Waals surface area (Å²) in [5.41, 5.74) is 6.21. The van der Waals surface area contributed by atoms with E-state index in [1.165, 1.54) is 45.2 Å². The lowest BCUT2D eigenvalue weighted by Crippen LogP contribution is -1.94. The minimum Gasteiger partial charge on any atom is -0.204 e. The second-order valence-electron chi connectivity index (χ2n) is 9.02. The molecule has 6 aromatic rings. The molecule has 0 aliphatic rings. The smallest absolute Gasteiger partial charge is 0.158 e. The fourth-order valence-corrected chi connectivity index (χ4v) is 5.45. The number of hydrogen-bond acceptors (Lipinski definition) is 2. The molecule has 0 spiro atoms. The third-order valence-corrected chi connectivity index (χ3v) is 7.04. The van der Waals surface area contributed by atoms with Crippen LogP contribution in [-0.4, -0.2) is 0 Å². The molecule has 0 aliphatic carbocycles. The van der Waals surface area contributed by atoms with Crippen LogP contribution in [0.3, 0.4) is 0 Å². The van der Waals surface area contributed by atoms with Gasteiger partial charge in [-0.05, 0) is 91.7 Å². The van der Waals surface area contributed by atoms with Gasteiger partial charge in [-0.2, -0.15) is 10.5 Å². The molecule has 35 heavy (non-hydrogen) atoms. The number of rotatable bonds is 2. The average Bonchev–Trinajstić information content (AvgIpc) is 2.88. The van der Waals surface area contributed by atoms with Crippen molar-refractivity contribution < 1.29 is 4.39 Å². The van der Waals surface area contributed by atoms with Gasteiger partial charge in [-0.15, -0.1) is 0 Å². The van der Waals surface area contributed by atoms with Crippen LogP contribution in [0.4, 0.5) is 4.39 Å². The summed E-state index contributed by atoms with van der Waals surface area (Å²) < 4.78 is 14.4. The van der Waals surface area contributed by atoms with Gasteiger partial charge >= 0.3 is 0 Å². The Bertz CT molecular complexity index is 1850. The third-order valence-electron chi connectivity index (χ3n) is 7.04. The predicted octanol–water partition coefficient (Wildman–Crippen LogP) is 8.42. The zero-order chi connectivity index (χ0) is 24.3. The van der Waals surface area contributed by atoms with Crippen molar-refractivity contribution in [3.8, 4) is 34.4 Å². The first-order valence-electron chi connectivity index (χ1n) is 11.4. The van der Waals surface area contributed by atoms with Crippen molar-refractivity contribution in [3.05, 3.63) is 107 Å². The Labute approximate surface area is 202 Å². The number of halogens is 1. The maximum atomic E-state index is 14.4. The summed E-state index contributed by atoms with van der Waals surface area (Å²) in [7, 11) is 0. The fraction of sp³-hybridized carbons (Fsp3) is 0.0625. The number of nitrogens with zero attached hydrogens (tertiary/aromatic N) is 2. The van der Waals surface area contributed by atoms with Crippen LogP contribution in [0.25, 0.3) is 54.6 Å². The first-order chi connectivity index (χ1) is 17.0. The quantitative estimate of drug-likeness (QED) is 0.249. The van der Waals surface area contributed by atoms with Crippen molar-refractivity contribution in [2.24, 2.45) is 0 Å². The van der Waals surface area contributed by atoms with Crippen LogP contribution in [-0.2, 0) is 0 Å². The molecule has 2 nitrogen and oxygen atoms in total. The van der Waals surface area contributed by atoms with Gasteiger partial charge in [-0.3, -0.25) is 0 Å². The number of aryl methyl sites for hydroxylation is 2. The van der Waals surface area contributed by atoms with E-state index < -0.39 is 5.82 Å². The maximum Gasteiger partial charge on any atom is 0.158 e. The normalized spacial score (nSPS) is 11.2. The van der Waals surface area contributed by atoms with Crippen LogP contribution in [0, 0.1) is 42.3 Å². The van der Waals surface area contributed by atoms with E-state index in [1.807, 2.05) is 18.2 Å². The highest BCUT2D eigenvalue weighted by atomic mass is 19.1. The molecule has 6 rings (SSSR count). The first-order valence-corrected chi connectivity index (χ1v) is 11.4. The molecule has 0 bridgehead atoms. The molecule has 0 heterocycles. The molecule has 0 radical (unpaired) electrons. The van der Waals surface area contributed by atoms with Gasteiger partial charge < -0.3 is 0 Å². The molecule has 0 saturated carbocycles. The average molecular weight is 451 g/mol. The topological polar surface area (TPSA) is 47.6 Å². The Morgan fingerprint density at radius 3 is 1.66 bits per heavy atom. The van der Waals surface area contributed by atoms with E-state index in [4.69, 9.17) is 0 Å². The third kappa shape index (κ3) is 2.99. The molecule has 0 fully saturated rings. The summed E-state index contributed by atoms with van der Waals surface area (Å²) in [6.45, 7) is 4.29. The van der Waals surface area contributed by atoms with E-state index in [0.29, 0.717) is 5.56 Å². The van der Waals surface area contributed by atoms with E-state index in [2.05, 4.69) is 74.5 Å².